The molecule has 0 bridgehead atoms. The number of nitrogens with two attached hydrogens (primary N) is 1. The average molecular weight is 290 g/mol. The number of nitrogens with one attached hydrogen (secondary N) is 1. The molecule has 0 saturated heterocycles. The fraction of sp³-hybridized carbons (Fsp3) is 0.154. The van der Waals surface area contributed by atoms with Crippen LogP contribution in [0.1, 0.15) is 17.2 Å². The molecule has 0 aliphatic rings. The number of hydrogen-bond donors (Lipinski definition) is 3. The number of thiazole rings is 1. The Morgan fingerprint density at radius 1 is 1.45 bits per heavy atom. The summed E-state index contributed by atoms with van der Waals surface area (Å²) in [5.74, 6) is -1.30. The second-order valence-corrected chi connectivity index (χ2v) is 4.78. The molecule has 1 heterocycles. The van der Waals surface area contributed by atoms with E-state index in [1.807, 2.05) is 11.4 Å². The molecule has 0 radical (unpaired) electrons. The van der Waals surface area contributed by atoms with Gasteiger partial charge in [0.15, 0.2) is 5.84 Å². The highest BCUT2D eigenvalue weighted by Gasteiger charge is 2.25. The molecule has 0 aliphatic heterocycles. The molecule has 1 amide bonds. The summed E-state index contributed by atoms with van der Waals surface area (Å²) in [6.45, 7) is 0.310. The standard InChI is InChI=1S/C13H14N4O2S/c14-12(17-19)11(9-4-2-1-3-5-9)13(18)15-6-10-7-20-8-16-10/h1-5,7-8,11,19H,6H2,(H2,14,17)(H,15,18). The molecule has 104 valence electrons. The molecule has 0 spiro atoms. The summed E-state index contributed by atoms with van der Waals surface area (Å²) in [6.07, 6.45) is 0. The minimum atomic E-state index is -0.820. The van der Waals surface area contributed by atoms with Crippen molar-refractivity contribution in [3.8, 4) is 0 Å². The Kier molecular flexibility index (Phi) is 4.67. The monoisotopic (exact) mass is 290 g/mol. The molecule has 0 saturated carbocycles. The van der Waals surface area contributed by atoms with Crippen molar-refractivity contribution in [2.75, 3.05) is 0 Å². The van der Waals surface area contributed by atoms with Gasteiger partial charge in [-0.3, -0.25) is 4.79 Å². The smallest absolute Gasteiger partial charge is 0.235 e. The lowest BCUT2D eigenvalue weighted by atomic mass is 9.97. The van der Waals surface area contributed by atoms with Gasteiger partial charge in [-0.25, -0.2) is 4.98 Å². The number of amidine groups is 1. The fourth-order valence-electron chi connectivity index (χ4n) is 1.76. The number of carbonyl (C=O) groups is 1. The highest BCUT2D eigenvalue weighted by molar-refractivity contribution is 7.07. The summed E-state index contributed by atoms with van der Waals surface area (Å²) in [5, 5.41) is 16.4. The number of amides is 1. The molecular formula is C13H14N4O2S. The second-order valence-electron chi connectivity index (χ2n) is 4.07. The van der Waals surface area contributed by atoms with E-state index in [-0.39, 0.29) is 11.7 Å². The minimum absolute atomic E-state index is 0.146. The largest absolute Gasteiger partial charge is 0.409 e. The molecule has 4 N–H and O–H groups in total. The van der Waals surface area contributed by atoms with Crippen molar-refractivity contribution in [1.29, 1.82) is 0 Å². The first-order valence-corrected chi connectivity index (χ1v) is 6.83. The Hall–Kier alpha value is -2.41. The van der Waals surface area contributed by atoms with E-state index in [9.17, 15) is 4.79 Å². The van der Waals surface area contributed by atoms with Gasteiger partial charge in [-0.15, -0.1) is 11.3 Å². The van der Waals surface area contributed by atoms with Gasteiger partial charge >= 0.3 is 0 Å². The molecule has 1 unspecified atom stereocenters. The van der Waals surface area contributed by atoms with E-state index in [0.717, 1.165) is 5.69 Å². The van der Waals surface area contributed by atoms with Gasteiger partial charge in [-0.1, -0.05) is 35.5 Å². The highest BCUT2D eigenvalue weighted by Crippen LogP contribution is 2.16. The molecule has 0 fully saturated rings. The third-order valence-corrected chi connectivity index (χ3v) is 3.37. The van der Waals surface area contributed by atoms with Crippen LogP contribution in [0.2, 0.25) is 0 Å². The van der Waals surface area contributed by atoms with E-state index in [0.29, 0.717) is 12.1 Å². The van der Waals surface area contributed by atoms with Crippen molar-refractivity contribution in [2.24, 2.45) is 10.9 Å². The first kappa shape index (κ1) is 14.0. The van der Waals surface area contributed by atoms with Crippen LogP contribution in [0, 0.1) is 0 Å². The zero-order valence-electron chi connectivity index (χ0n) is 10.6. The lowest BCUT2D eigenvalue weighted by molar-refractivity contribution is -0.121. The lowest BCUT2D eigenvalue weighted by Crippen LogP contribution is -2.37. The average Bonchev–Trinajstić information content (AvgIpc) is 2.99. The third-order valence-electron chi connectivity index (χ3n) is 2.73. The van der Waals surface area contributed by atoms with E-state index in [1.54, 1.807) is 29.8 Å². The van der Waals surface area contributed by atoms with E-state index in [4.69, 9.17) is 10.9 Å². The molecule has 7 heteroatoms. The van der Waals surface area contributed by atoms with E-state index >= 15 is 0 Å². The van der Waals surface area contributed by atoms with E-state index in [2.05, 4.69) is 15.5 Å². The highest BCUT2D eigenvalue weighted by atomic mass is 32.1. The summed E-state index contributed by atoms with van der Waals surface area (Å²) in [7, 11) is 0. The molecule has 2 rings (SSSR count). The van der Waals surface area contributed by atoms with Gasteiger partial charge in [0.05, 0.1) is 17.7 Å². The maximum atomic E-state index is 12.2. The van der Waals surface area contributed by atoms with Crippen LogP contribution in [0.3, 0.4) is 0 Å². The normalized spacial score (nSPS) is 12.9. The second kappa shape index (κ2) is 6.67. The number of rotatable bonds is 5. The molecule has 0 aliphatic carbocycles. The molecule has 1 atom stereocenters. The number of benzene rings is 1. The maximum absolute atomic E-state index is 12.2. The third kappa shape index (κ3) is 3.33. The van der Waals surface area contributed by atoms with Gasteiger partial charge in [-0.2, -0.15) is 0 Å². The van der Waals surface area contributed by atoms with Crippen LogP contribution >= 0.6 is 11.3 Å². The Labute approximate surface area is 120 Å². The van der Waals surface area contributed by atoms with Crippen molar-refractivity contribution in [2.45, 2.75) is 12.5 Å². The number of carbonyl (C=O) groups excluding carboxylic acids is 1. The quantitative estimate of drug-likeness (QED) is 0.334. The van der Waals surface area contributed by atoms with Crippen LogP contribution in [-0.2, 0) is 11.3 Å². The van der Waals surface area contributed by atoms with Crippen molar-refractivity contribution >= 4 is 23.1 Å². The maximum Gasteiger partial charge on any atom is 0.235 e. The first-order chi connectivity index (χ1) is 9.72. The number of oxime groups is 1. The molecule has 1 aromatic carbocycles. The Morgan fingerprint density at radius 2 is 2.20 bits per heavy atom. The first-order valence-electron chi connectivity index (χ1n) is 5.89. The van der Waals surface area contributed by atoms with Crippen LogP contribution in [0.4, 0.5) is 0 Å². The van der Waals surface area contributed by atoms with Crippen LogP contribution < -0.4 is 11.1 Å². The molecule has 2 aromatic rings. The van der Waals surface area contributed by atoms with Crippen LogP contribution in [-0.4, -0.2) is 21.9 Å². The lowest BCUT2D eigenvalue weighted by Gasteiger charge is -2.15. The van der Waals surface area contributed by atoms with Crippen LogP contribution in [0.25, 0.3) is 0 Å². The van der Waals surface area contributed by atoms with Gasteiger partial charge < -0.3 is 16.3 Å². The van der Waals surface area contributed by atoms with Crippen molar-refractivity contribution in [3.63, 3.8) is 0 Å². The minimum Gasteiger partial charge on any atom is -0.409 e. The fourth-order valence-corrected chi connectivity index (χ4v) is 2.32. The predicted molar refractivity (Wildman–Crippen MR) is 76.6 cm³/mol. The summed E-state index contributed by atoms with van der Waals surface area (Å²) >= 11 is 1.46. The SMILES string of the molecule is NC(=NO)C(C(=O)NCc1cscn1)c1ccccc1. The topological polar surface area (TPSA) is 101 Å². The Bertz CT molecular complexity index is 584. The number of hydrogen-bond acceptors (Lipinski definition) is 5. The van der Waals surface area contributed by atoms with Crippen molar-refractivity contribution in [1.82, 2.24) is 10.3 Å². The van der Waals surface area contributed by atoms with Gasteiger partial charge in [-0.05, 0) is 5.56 Å². The number of nitrogens with zero attached hydrogens (tertiary/aromatic N) is 2. The van der Waals surface area contributed by atoms with Crippen molar-refractivity contribution in [3.05, 3.63) is 52.5 Å². The summed E-state index contributed by atoms with van der Waals surface area (Å²) < 4.78 is 0. The van der Waals surface area contributed by atoms with E-state index in [1.165, 1.54) is 11.3 Å². The molecule has 1 aromatic heterocycles. The van der Waals surface area contributed by atoms with Gasteiger partial charge in [0.1, 0.15) is 5.92 Å². The van der Waals surface area contributed by atoms with Gasteiger partial charge in [0.25, 0.3) is 0 Å². The molecule has 6 nitrogen and oxygen atoms in total. The van der Waals surface area contributed by atoms with Gasteiger partial charge in [0.2, 0.25) is 5.91 Å². The van der Waals surface area contributed by atoms with Crippen LogP contribution in [0.5, 0.6) is 0 Å². The number of aromatic nitrogens is 1. The molecular weight excluding hydrogens is 276 g/mol. The zero-order valence-corrected chi connectivity index (χ0v) is 11.4. The Balaban J connectivity index is 2.13. The van der Waals surface area contributed by atoms with Crippen LogP contribution in [0.15, 0.2) is 46.4 Å². The van der Waals surface area contributed by atoms with Crippen molar-refractivity contribution < 1.29 is 10.0 Å². The zero-order chi connectivity index (χ0) is 14.4. The molecule has 20 heavy (non-hydrogen) atoms. The predicted octanol–water partition coefficient (Wildman–Crippen LogP) is 1.29. The summed E-state index contributed by atoms with van der Waals surface area (Å²) in [4.78, 5) is 16.3. The summed E-state index contributed by atoms with van der Waals surface area (Å²) in [6, 6.07) is 8.93. The van der Waals surface area contributed by atoms with E-state index < -0.39 is 5.92 Å². The summed E-state index contributed by atoms with van der Waals surface area (Å²) in [5.41, 5.74) is 8.76. The Morgan fingerprint density at radius 3 is 2.80 bits per heavy atom. The van der Waals surface area contributed by atoms with Gasteiger partial charge in [0, 0.05) is 5.38 Å².